The average Bonchev–Trinajstić information content (AvgIpc) is 2.22. The standard InChI is InChI=1S/C7H8.H2S/c1-2-7-4-3-6(1)5-7;/h1-2H,3-5H2;1H2. The predicted molar refractivity (Wildman–Crippen MR) is 40.4 cm³/mol. The van der Waals surface area contributed by atoms with Crippen LogP contribution < -0.4 is 0 Å². The summed E-state index contributed by atoms with van der Waals surface area (Å²) < 4.78 is 0. The Kier molecular flexibility index (Phi) is 1.47. The first-order valence-electron chi connectivity index (χ1n) is 2.82. The Morgan fingerprint density at radius 1 is 1.00 bits per heavy atom. The van der Waals surface area contributed by atoms with Gasteiger partial charge in [-0.1, -0.05) is 23.3 Å². The van der Waals surface area contributed by atoms with Crippen molar-refractivity contribution in [1.82, 2.24) is 0 Å². The average molecular weight is 126 g/mol. The van der Waals surface area contributed by atoms with Gasteiger partial charge in [0.05, 0.1) is 0 Å². The van der Waals surface area contributed by atoms with Crippen LogP contribution in [-0.4, -0.2) is 0 Å². The van der Waals surface area contributed by atoms with Gasteiger partial charge in [-0.2, -0.15) is 13.5 Å². The first-order valence-corrected chi connectivity index (χ1v) is 2.82. The molecule has 8 heavy (non-hydrogen) atoms. The number of rotatable bonds is 0. The highest BCUT2D eigenvalue weighted by Crippen LogP contribution is 2.34. The van der Waals surface area contributed by atoms with Crippen molar-refractivity contribution in [3.8, 4) is 0 Å². The van der Waals surface area contributed by atoms with Crippen molar-refractivity contribution in [3.05, 3.63) is 23.3 Å². The third-order valence-corrected chi connectivity index (χ3v) is 1.78. The SMILES string of the molecule is C1=C2CCC(=C1)C2.S. The van der Waals surface area contributed by atoms with Crippen molar-refractivity contribution in [1.29, 1.82) is 0 Å². The van der Waals surface area contributed by atoms with E-state index in [2.05, 4.69) is 12.2 Å². The molecule has 0 radical (unpaired) electrons. The molecule has 1 fully saturated rings. The van der Waals surface area contributed by atoms with Gasteiger partial charge in [0.2, 0.25) is 0 Å². The molecule has 0 aliphatic heterocycles. The van der Waals surface area contributed by atoms with E-state index in [1.54, 1.807) is 11.1 Å². The van der Waals surface area contributed by atoms with Gasteiger partial charge in [-0.05, 0) is 19.3 Å². The molecule has 0 N–H and O–H groups in total. The zero-order chi connectivity index (χ0) is 4.69. The molecule has 2 bridgehead atoms. The van der Waals surface area contributed by atoms with Crippen LogP contribution in [0.2, 0.25) is 0 Å². The molecule has 0 heterocycles. The van der Waals surface area contributed by atoms with E-state index in [9.17, 15) is 0 Å². The summed E-state index contributed by atoms with van der Waals surface area (Å²) in [4.78, 5) is 0. The van der Waals surface area contributed by atoms with Gasteiger partial charge in [0.1, 0.15) is 0 Å². The Bertz CT molecular complexity index is 136. The second-order valence-electron chi connectivity index (χ2n) is 2.33. The fourth-order valence-corrected chi connectivity index (χ4v) is 1.31. The molecule has 2 aliphatic rings. The Morgan fingerprint density at radius 3 is 1.62 bits per heavy atom. The Labute approximate surface area is 56.7 Å². The van der Waals surface area contributed by atoms with Crippen LogP contribution >= 0.6 is 13.5 Å². The van der Waals surface area contributed by atoms with E-state index in [0.717, 1.165) is 0 Å². The highest BCUT2D eigenvalue weighted by Gasteiger charge is 2.14. The summed E-state index contributed by atoms with van der Waals surface area (Å²) in [5, 5.41) is 0. The first-order chi connectivity index (χ1) is 3.45. The maximum Gasteiger partial charge on any atom is -0.0102 e. The molecule has 0 aromatic heterocycles. The largest absolute Gasteiger partial charge is 0.197 e. The third kappa shape index (κ3) is 0.711. The summed E-state index contributed by atoms with van der Waals surface area (Å²) in [6.45, 7) is 0. The summed E-state index contributed by atoms with van der Waals surface area (Å²) in [6.07, 6.45) is 8.54. The molecule has 1 heteroatoms. The molecule has 2 rings (SSSR count). The number of hydrogen-bond donors (Lipinski definition) is 0. The summed E-state index contributed by atoms with van der Waals surface area (Å²) in [7, 11) is 0. The van der Waals surface area contributed by atoms with Crippen LogP contribution in [0.4, 0.5) is 0 Å². The predicted octanol–water partition coefficient (Wildman–Crippen LogP) is 2.15. The first kappa shape index (κ1) is 5.96. The molecule has 0 spiro atoms. The maximum atomic E-state index is 2.26. The van der Waals surface area contributed by atoms with Gasteiger partial charge in [0.15, 0.2) is 0 Å². The molecule has 0 aromatic rings. The molecular formula is C7H10S. The Hall–Kier alpha value is -0.170. The van der Waals surface area contributed by atoms with E-state index in [-0.39, 0.29) is 13.5 Å². The van der Waals surface area contributed by atoms with Gasteiger partial charge >= 0.3 is 0 Å². The fraction of sp³-hybridized carbons (Fsp3) is 0.429. The lowest BCUT2D eigenvalue weighted by Gasteiger charge is -1.87. The second kappa shape index (κ2) is 1.98. The van der Waals surface area contributed by atoms with Crippen LogP contribution in [0.5, 0.6) is 0 Å². The maximum absolute atomic E-state index is 2.26. The monoisotopic (exact) mass is 126 g/mol. The van der Waals surface area contributed by atoms with Crippen molar-refractivity contribution >= 4 is 13.5 Å². The van der Waals surface area contributed by atoms with Crippen LogP contribution in [0.25, 0.3) is 0 Å². The van der Waals surface area contributed by atoms with Gasteiger partial charge in [-0.25, -0.2) is 0 Å². The van der Waals surface area contributed by atoms with Crippen LogP contribution in [-0.2, 0) is 0 Å². The van der Waals surface area contributed by atoms with E-state index in [1.165, 1.54) is 19.3 Å². The summed E-state index contributed by atoms with van der Waals surface area (Å²) >= 11 is 0. The molecule has 0 aromatic carbocycles. The lowest BCUT2D eigenvalue weighted by Crippen LogP contribution is -1.67. The minimum atomic E-state index is 0. The second-order valence-corrected chi connectivity index (χ2v) is 2.33. The van der Waals surface area contributed by atoms with Crippen LogP contribution in [0.1, 0.15) is 19.3 Å². The van der Waals surface area contributed by atoms with Gasteiger partial charge in [-0.15, -0.1) is 0 Å². The van der Waals surface area contributed by atoms with Crippen molar-refractivity contribution in [2.24, 2.45) is 0 Å². The van der Waals surface area contributed by atoms with Gasteiger partial charge in [-0.3, -0.25) is 0 Å². The third-order valence-electron chi connectivity index (χ3n) is 1.78. The van der Waals surface area contributed by atoms with Crippen molar-refractivity contribution in [3.63, 3.8) is 0 Å². The van der Waals surface area contributed by atoms with Crippen molar-refractivity contribution in [2.75, 3.05) is 0 Å². The van der Waals surface area contributed by atoms with E-state index < -0.39 is 0 Å². The zero-order valence-corrected chi connectivity index (χ0v) is 5.78. The number of allylic oxidation sites excluding steroid dienone is 4. The molecule has 0 nitrogen and oxygen atoms in total. The minimum absolute atomic E-state index is 0. The zero-order valence-electron chi connectivity index (χ0n) is 4.78. The summed E-state index contributed by atoms with van der Waals surface area (Å²) in [6, 6.07) is 0. The van der Waals surface area contributed by atoms with E-state index in [4.69, 9.17) is 0 Å². The van der Waals surface area contributed by atoms with E-state index in [1.807, 2.05) is 0 Å². The molecular weight excluding hydrogens is 116 g/mol. The summed E-state index contributed by atoms with van der Waals surface area (Å²) in [5.41, 5.74) is 3.30. The Balaban J connectivity index is 0.000000320. The molecule has 1 saturated carbocycles. The van der Waals surface area contributed by atoms with E-state index >= 15 is 0 Å². The highest BCUT2D eigenvalue weighted by atomic mass is 32.1. The normalized spacial score (nSPS) is 22.0. The van der Waals surface area contributed by atoms with E-state index in [0.29, 0.717) is 0 Å². The Morgan fingerprint density at radius 2 is 1.50 bits per heavy atom. The highest BCUT2D eigenvalue weighted by molar-refractivity contribution is 7.59. The molecule has 0 unspecified atom stereocenters. The number of fused-ring (bicyclic) bond motifs is 2. The molecule has 0 atom stereocenters. The molecule has 0 saturated heterocycles. The summed E-state index contributed by atoms with van der Waals surface area (Å²) in [5.74, 6) is 0. The topological polar surface area (TPSA) is 0 Å². The van der Waals surface area contributed by atoms with Crippen molar-refractivity contribution < 1.29 is 0 Å². The lowest BCUT2D eigenvalue weighted by atomic mass is 10.2. The molecule has 0 amide bonds. The molecule has 44 valence electrons. The lowest BCUT2D eigenvalue weighted by molar-refractivity contribution is 1.04. The van der Waals surface area contributed by atoms with Gasteiger partial charge in [0, 0.05) is 0 Å². The van der Waals surface area contributed by atoms with Crippen molar-refractivity contribution in [2.45, 2.75) is 19.3 Å². The van der Waals surface area contributed by atoms with Crippen LogP contribution in [0, 0.1) is 0 Å². The van der Waals surface area contributed by atoms with Gasteiger partial charge in [0.25, 0.3) is 0 Å². The van der Waals surface area contributed by atoms with Crippen LogP contribution in [0.15, 0.2) is 23.3 Å². The fourth-order valence-electron chi connectivity index (χ4n) is 1.31. The quantitative estimate of drug-likeness (QED) is 0.466. The molecule has 2 aliphatic carbocycles. The smallest absolute Gasteiger partial charge is 0.0102 e. The van der Waals surface area contributed by atoms with Gasteiger partial charge < -0.3 is 0 Å². The number of hydrogen-bond acceptors (Lipinski definition) is 0. The minimum Gasteiger partial charge on any atom is -0.197 e. The van der Waals surface area contributed by atoms with Crippen LogP contribution in [0.3, 0.4) is 0 Å².